The van der Waals surface area contributed by atoms with Gasteiger partial charge in [0.1, 0.15) is 0 Å². The minimum atomic E-state index is 0.678. The third-order valence-electron chi connectivity index (χ3n) is 2.06. The molecule has 1 heterocycles. The summed E-state index contributed by atoms with van der Waals surface area (Å²) in [5, 5.41) is 0. The van der Waals surface area contributed by atoms with E-state index < -0.39 is 0 Å². The lowest BCUT2D eigenvalue weighted by Crippen LogP contribution is -1.98. The van der Waals surface area contributed by atoms with Crippen molar-refractivity contribution in [3.8, 4) is 0 Å². The molecule has 0 saturated carbocycles. The zero-order valence-electron chi connectivity index (χ0n) is 8.29. The topological polar surface area (TPSA) is 12.9 Å². The predicted octanol–water partition coefficient (Wildman–Crippen LogP) is 3.60. The molecule has 2 heteroatoms. The van der Waals surface area contributed by atoms with Crippen molar-refractivity contribution in [1.82, 2.24) is 4.98 Å². The van der Waals surface area contributed by atoms with Crippen LogP contribution >= 0.6 is 11.3 Å². The maximum Gasteiger partial charge on any atom is 0.0797 e. The molecule has 68 valence electrons. The van der Waals surface area contributed by atoms with Crippen LogP contribution in [0.5, 0.6) is 0 Å². The van der Waals surface area contributed by atoms with Gasteiger partial charge in [-0.3, -0.25) is 0 Å². The lowest BCUT2D eigenvalue weighted by atomic mass is 9.97. The number of aryl methyl sites for hydroxylation is 1. The molecule has 1 unspecified atom stereocenters. The third kappa shape index (κ3) is 2.31. The highest BCUT2D eigenvalue weighted by atomic mass is 32.1. The SMILES string of the molecule is Cc1ncsc1C(C)CC(C)C. The van der Waals surface area contributed by atoms with E-state index in [0.29, 0.717) is 5.92 Å². The van der Waals surface area contributed by atoms with Crippen molar-refractivity contribution in [2.45, 2.75) is 40.0 Å². The van der Waals surface area contributed by atoms with E-state index in [1.807, 2.05) is 5.51 Å². The first-order chi connectivity index (χ1) is 5.61. The number of thiazole rings is 1. The monoisotopic (exact) mass is 183 g/mol. The number of hydrogen-bond acceptors (Lipinski definition) is 2. The van der Waals surface area contributed by atoms with E-state index in [1.165, 1.54) is 17.0 Å². The normalized spacial score (nSPS) is 13.8. The summed E-state index contributed by atoms with van der Waals surface area (Å²) in [7, 11) is 0. The Hall–Kier alpha value is -0.370. The summed E-state index contributed by atoms with van der Waals surface area (Å²) in [6.45, 7) is 8.93. The molecule has 0 saturated heterocycles. The summed E-state index contributed by atoms with van der Waals surface area (Å²) in [6.07, 6.45) is 1.27. The fourth-order valence-electron chi connectivity index (χ4n) is 1.60. The van der Waals surface area contributed by atoms with E-state index in [1.54, 1.807) is 11.3 Å². The first kappa shape index (κ1) is 9.72. The van der Waals surface area contributed by atoms with Crippen LogP contribution in [0.4, 0.5) is 0 Å². The van der Waals surface area contributed by atoms with Crippen molar-refractivity contribution >= 4 is 11.3 Å². The van der Waals surface area contributed by atoms with E-state index in [4.69, 9.17) is 0 Å². The first-order valence-electron chi connectivity index (χ1n) is 4.51. The van der Waals surface area contributed by atoms with Gasteiger partial charge in [0.25, 0.3) is 0 Å². The molecule has 0 amide bonds. The van der Waals surface area contributed by atoms with Crippen LogP contribution in [0.15, 0.2) is 5.51 Å². The summed E-state index contributed by atoms with van der Waals surface area (Å²) in [6, 6.07) is 0. The van der Waals surface area contributed by atoms with Gasteiger partial charge in [-0.2, -0.15) is 0 Å². The zero-order chi connectivity index (χ0) is 9.14. The number of hydrogen-bond donors (Lipinski definition) is 0. The number of rotatable bonds is 3. The molecule has 0 spiro atoms. The van der Waals surface area contributed by atoms with Crippen LogP contribution in [0.3, 0.4) is 0 Å². The molecule has 0 bridgehead atoms. The third-order valence-corrected chi connectivity index (χ3v) is 3.22. The Labute approximate surface area is 78.8 Å². The van der Waals surface area contributed by atoms with Crippen molar-refractivity contribution in [2.24, 2.45) is 5.92 Å². The Balaban J connectivity index is 2.65. The molecule has 0 aliphatic carbocycles. The van der Waals surface area contributed by atoms with Gasteiger partial charge in [-0.1, -0.05) is 20.8 Å². The highest BCUT2D eigenvalue weighted by Gasteiger charge is 2.11. The highest BCUT2D eigenvalue weighted by molar-refractivity contribution is 7.09. The lowest BCUT2D eigenvalue weighted by Gasteiger charge is -2.12. The highest BCUT2D eigenvalue weighted by Crippen LogP contribution is 2.28. The molecule has 1 rings (SSSR count). The van der Waals surface area contributed by atoms with Crippen molar-refractivity contribution in [3.63, 3.8) is 0 Å². The van der Waals surface area contributed by atoms with E-state index >= 15 is 0 Å². The lowest BCUT2D eigenvalue weighted by molar-refractivity contribution is 0.526. The van der Waals surface area contributed by atoms with Crippen LogP contribution in [0.25, 0.3) is 0 Å². The van der Waals surface area contributed by atoms with Crippen LogP contribution in [-0.2, 0) is 0 Å². The number of aromatic nitrogens is 1. The van der Waals surface area contributed by atoms with Crippen molar-refractivity contribution in [2.75, 3.05) is 0 Å². The second kappa shape index (κ2) is 4.04. The maximum atomic E-state index is 4.26. The molecular weight excluding hydrogens is 166 g/mol. The molecule has 12 heavy (non-hydrogen) atoms. The smallest absolute Gasteiger partial charge is 0.0797 e. The Kier molecular flexibility index (Phi) is 3.27. The molecule has 0 aromatic carbocycles. The molecule has 0 aliphatic rings. The van der Waals surface area contributed by atoms with E-state index in [2.05, 4.69) is 32.7 Å². The van der Waals surface area contributed by atoms with Crippen LogP contribution < -0.4 is 0 Å². The molecule has 0 aliphatic heterocycles. The Morgan fingerprint density at radius 2 is 2.08 bits per heavy atom. The Morgan fingerprint density at radius 1 is 1.42 bits per heavy atom. The summed E-state index contributed by atoms with van der Waals surface area (Å²) in [4.78, 5) is 5.73. The summed E-state index contributed by atoms with van der Waals surface area (Å²) in [5.41, 5.74) is 3.16. The second-order valence-corrected chi connectivity index (χ2v) is 4.72. The van der Waals surface area contributed by atoms with E-state index in [0.717, 1.165) is 5.92 Å². The second-order valence-electron chi connectivity index (χ2n) is 3.83. The van der Waals surface area contributed by atoms with Crippen molar-refractivity contribution in [1.29, 1.82) is 0 Å². The zero-order valence-corrected chi connectivity index (χ0v) is 9.11. The first-order valence-corrected chi connectivity index (χ1v) is 5.39. The average Bonchev–Trinajstić information content (AvgIpc) is 2.33. The summed E-state index contributed by atoms with van der Waals surface area (Å²) in [5.74, 6) is 1.46. The summed E-state index contributed by atoms with van der Waals surface area (Å²) < 4.78 is 0. The summed E-state index contributed by atoms with van der Waals surface area (Å²) >= 11 is 1.79. The van der Waals surface area contributed by atoms with Gasteiger partial charge >= 0.3 is 0 Å². The molecule has 0 N–H and O–H groups in total. The molecule has 1 nitrogen and oxygen atoms in total. The molecular formula is C10H17NS. The fourth-order valence-corrected chi connectivity index (χ4v) is 2.47. The average molecular weight is 183 g/mol. The minimum absolute atomic E-state index is 0.678. The van der Waals surface area contributed by atoms with Gasteiger partial charge in [0.05, 0.1) is 11.2 Å². The van der Waals surface area contributed by atoms with Crippen LogP contribution in [0.1, 0.15) is 43.7 Å². The van der Waals surface area contributed by atoms with Gasteiger partial charge in [-0.05, 0) is 25.2 Å². The largest absolute Gasteiger partial charge is 0.250 e. The van der Waals surface area contributed by atoms with Crippen LogP contribution in [0.2, 0.25) is 0 Å². The Bertz CT molecular complexity index is 240. The van der Waals surface area contributed by atoms with E-state index in [9.17, 15) is 0 Å². The molecule has 0 fully saturated rings. The standard InChI is InChI=1S/C10H17NS/c1-7(2)5-8(3)10-9(4)11-6-12-10/h6-8H,5H2,1-4H3. The van der Waals surface area contributed by atoms with Gasteiger partial charge in [0.15, 0.2) is 0 Å². The van der Waals surface area contributed by atoms with Gasteiger partial charge in [-0.15, -0.1) is 11.3 Å². The molecule has 1 aromatic heterocycles. The van der Waals surface area contributed by atoms with Gasteiger partial charge in [0.2, 0.25) is 0 Å². The maximum absolute atomic E-state index is 4.26. The van der Waals surface area contributed by atoms with Gasteiger partial charge < -0.3 is 0 Å². The number of nitrogens with zero attached hydrogens (tertiary/aromatic N) is 1. The predicted molar refractivity (Wildman–Crippen MR) is 54.7 cm³/mol. The van der Waals surface area contributed by atoms with Gasteiger partial charge in [-0.25, -0.2) is 4.98 Å². The van der Waals surface area contributed by atoms with Crippen molar-refractivity contribution in [3.05, 3.63) is 16.1 Å². The fraction of sp³-hybridized carbons (Fsp3) is 0.700. The molecule has 0 radical (unpaired) electrons. The molecule has 1 aromatic rings. The van der Waals surface area contributed by atoms with E-state index in [-0.39, 0.29) is 0 Å². The van der Waals surface area contributed by atoms with Crippen LogP contribution in [0, 0.1) is 12.8 Å². The van der Waals surface area contributed by atoms with Crippen molar-refractivity contribution < 1.29 is 0 Å². The van der Waals surface area contributed by atoms with Gasteiger partial charge in [0, 0.05) is 4.88 Å². The minimum Gasteiger partial charge on any atom is -0.250 e. The van der Waals surface area contributed by atoms with Crippen LogP contribution in [-0.4, -0.2) is 4.98 Å². The Morgan fingerprint density at radius 3 is 2.50 bits per heavy atom. The quantitative estimate of drug-likeness (QED) is 0.697. The molecule has 1 atom stereocenters.